The lowest BCUT2D eigenvalue weighted by atomic mass is 9.79. The number of aromatic nitrogens is 1. The fourth-order valence-corrected chi connectivity index (χ4v) is 3.60. The molecule has 5 nitrogen and oxygen atoms in total. The lowest BCUT2D eigenvalue weighted by Gasteiger charge is -2.40. The SMILES string of the molecule is CN1CCC2(CCCN(C(=O)c3cc(N)ccn3)C2)C1. The van der Waals surface area contributed by atoms with E-state index in [-0.39, 0.29) is 5.91 Å². The molecule has 0 radical (unpaired) electrons. The molecule has 3 rings (SSSR count). The van der Waals surface area contributed by atoms with Gasteiger partial charge in [-0.3, -0.25) is 9.78 Å². The van der Waals surface area contributed by atoms with Crippen molar-refractivity contribution >= 4 is 11.6 Å². The zero-order valence-corrected chi connectivity index (χ0v) is 12.0. The monoisotopic (exact) mass is 274 g/mol. The second kappa shape index (κ2) is 5.05. The van der Waals surface area contributed by atoms with Gasteiger partial charge in [0, 0.05) is 36.9 Å². The Morgan fingerprint density at radius 1 is 1.35 bits per heavy atom. The van der Waals surface area contributed by atoms with Crippen LogP contribution in [-0.2, 0) is 0 Å². The van der Waals surface area contributed by atoms with Gasteiger partial charge in [0.25, 0.3) is 5.91 Å². The van der Waals surface area contributed by atoms with Crippen molar-refractivity contribution in [1.82, 2.24) is 14.8 Å². The summed E-state index contributed by atoms with van der Waals surface area (Å²) in [6.07, 6.45) is 5.11. The number of pyridine rings is 1. The molecule has 1 aromatic rings. The third kappa shape index (κ3) is 2.50. The van der Waals surface area contributed by atoms with E-state index >= 15 is 0 Å². The second-order valence-electron chi connectivity index (χ2n) is 6.29. The lowest BCUT2D eigenvalue weighted by molar-refractivity contribution is 0.0529. The normalized spacial score (nSPS) is 27.1. The van der Waals surface area contributed by atoms with Gasteiger partial charge in [0.1, 0.15) is 5.69 Å². The molecule has 0 saturated carbocycles. The van der Waals surface area contributed by atoms with Crippen LogP contribution in [0.2, 0.25) is 0 Å². The van der Waals surface area contributed by atoms with Gasteiger partial charge >= 0.3 is 0 Å². The number of nitrogens with two attached hydrogens (primary N) is 1. The number of amides is 1. The number of likely N-dealkylation sites (tertiary alicyclic amines) is 2. The van der Waals surface area contributed by atoms with Crippen molar-refractivity contribution in [1.29, 1.82) is 0 Å². The second-order valence-corrected chi connectivity index (χ2v) is 6.29. The Hall–Kier alpha value is -1.62. The summed E-state index contributed by atoms with van der Waals surface area (Å²) in [4.78, 5) is 21.1. The van der Waals surface area contributed by atoms with Gasteiger partial charge in [-0.05, 0) is 45.0 Å². The highest BCUT2D eigenvalue weighted by molar-refractivity contribution is 5.93. The summed E-state index contributed by atoms with van der Waals surface area (Å²) in [6, 6.07) is 3.38. The van der Waals surface area contributed by atoms with Crippen LogP contribution in [0.15, 0.2) is 18.3 Å². The number of hydrogen-bond acceptors (Lipinski definition) is 4. The van der Waals surface area contributed by atoms with Crippen molar-refractivity contribution in [3.63, 3.8) is 0 Å². The van der Waals surface area contributed by atoms with E-state index in [1.54, 1.807) is 18.3 Å². The number of nitrogens with zero attached hydrogens (tertiary/aromatic N) is 3. The Kier molecular flexibility index (Phi) is 3.38. The zero-order chi connectivity index (χ0) is 14.2. The molecule has 2 aliphatic heterocycles. The van der Waals surface area contributed by atoms with Gasteiger partial charge in [-0.1, -0.05) is 0 Å². The molecule has 0 aliphatic carbocycles. The quantitative estimate of drug-likeness (QED) is 0.836. The third-order valence-corrected chi connectivity index (χ3v) is 4.58. The molecule has 5 heteroatoms. The summed E-state index contributed by atoms with van der Waals surface area (Å²) < 4.78 is 0. The van der Waals surface area contributed by atoms with Gasteiger partial charge in [-0.15, -0.1) is 0 Å². The molecule has 1 amide bonds. The molecule has 1 spiro atoms. The van der Waals surface area contributed by atoms with Crippen LogP contribution >= 0.6 is 0 Å². The highest BCUT2D eigenvalue weighted by Gasteiger charge is 2.41. The Morgan fingerprint density at radius 2 is 2.20 bits per heavy atom. The topological polar surface area (TPSA) is 62.5 Å². The zero-order valence-electron chi connectivity index (χ0n) is 12.0. The largest absolute Gasteiger partial charge is 0.399 e. The molecule has 1 aromatic heterocycles. The third-order valence-electron chi connectivity index (χ3n) is 4.58. The van der Waals surface area contributed by atoms with Crippen LogP contribution < -0.4 is 5.73 Å². The minimum atomic E-state index is 0.0194. The molecular weight excluding hydrogens is 252 g/mol. The fraction of sp³-hybridized carbons (Fsp3) is 0.600. The number of nitrogen functional groups attached to an aromatic ring is 1. The van der Waals surface area contributed by atoms with E-state index in [0.717, 1.165) is 32.6 Å². The maximum atomic E-state index is 12.6. The molecule has 0 bridgehead atoms. The first kappa shape index (κ1) is 13.4. The van der Waals surface area contributed by atoms with Crippen molar-refractivity contribution in [3.8, 4) is 0 Å². The lowest BCUT2D eigenvalue weighted by Crippen LogP contribution is -2.47. The molecule has 2 fully saturated rings. The number of carbonyl (C=O) groups is 1. The van der Waals surface area contributed by atoms with Gasteiger partial charge in [0.05, 0.1) is 0 Å². The Bertz CT molecular complexity index is 514. The van der Waals surface area contributed by atoms with Gasteiger partial charge in [-0.2, -0.15) is 0 Å². The van der Waals surface area contributed by atoms with Crippen LogP contribution in [0.4, 0.5) is 5.69 Å². The predicted octanol–water partition coefficient (Wildman–Crippen LogP) is 1.22. The molecule has 0 aromatic carbocycles. The van der Waals surface area contributed by atoms with E-state index in [4.69, 9.17) is 5.73 Å². The Morgan fingerprint density at radius 3 is 2.90 bits per heavy atom. The average molecular weight is 274 g/mol. The fourth-order valence-electron chi connectivity index (χ4n) is 3.60. The summed E-state index contributed by atoms with van der Waals surface area (Å²) in [5.74, 6) is 0.0194. The molecule has 2 saturated heterocycles. The van der Waals surface area contributed by atoms with Crippen molar-refractivity contribution in [3.05, 3.63) is 24.0 Å². The number of anilines is 1. The number of carbonyl (C=O) groups excluding carboxylic acids is 1. The van der Waals surface area contributed by atoms with Gasteiger partial charge in [0.2, 0.25) is 0 Å². The predicted molar refractivity (Wildman–Crippen MR) is 78.3 cm³/mol. The van der Waals surface area contributed by atoms with Crippen LogP contribution in [0, 0.1) is 5.41 Å². The Balaban J connectivity index is 1.75. The van der Waals surface area contributed by atoms with E-state index < -0.39 is 0 Å². The Labute approximate surface area is 119 Å². The standard InChI is InChI=1S/C15H22N4O/c1-18-8-5-15(10-18)4-2-7-19(11-15)14(20)13-9-12(16)3-6-17-13/h3,6,9H,2,4-5,7-8,10-11H2,1H3,(H2,16,17). The van der Waals surface area contributed by atoms with Crippen LogP contribution in [0.5, 0.6) is 0 Å². The van der Waals surface area contributed by atoms with Crippen molar-refractivity contribution in [2.24, 2.45) is 5.41 Å². The van der Waals surface area contributed by atoms with Crippen LogP contribution in [0.25, 0.3) is 0 Å². The molecular formula is C15H22N4O. The molecule has 108 valence electrons. The molecule has 3 heterocycles. The number of hydrogen-bond donors (Lipinski definition) is 1. The first-order valence-electron chi connectivity index (χ1n) is 7.27. The van der Waals surface area contributed by atoms with Crippen LogP contribution in [0.1, 0.15) is 29.8 Å². The van der Waals surface area contributed by atoms with Crippen LogP contribution in [-0.4, -0.2) is 53.9 Å². The number of rotatable bonds is 1. The first-order valence-corrected chi connectivity index (χ1v) is 7.27. The molecule has 1 atom stereocenters. The molecule has 2 N–H and O–H groups in total. The summed E-state index contributed by atoms with van der Waals surface area (Å²) >= 11 is 0. The minimum Gasteiger partial charge on any atom is -0.399 e. The van der Waals surface area contributed by atoms with E-state index in [2.05, 4.69) is 16.9 Å². The van der Waals surface area contributed by atoms with E-state index in [1.165, 1.54) is 12.8 Å². The minimum absolute atomic E-state index is 0.0194. The van der Waals surface area contributed by atoms with Gasteiger partial charge < -0.3 is 15.5 Å². The summed E-state index contributed by atoms with van der Waals surface area (Å²) in [5.41, 5.74) is 7.10. The molecule has 20 heavy (non-hydrogen) atoms. The van der Waals surface area contributed by atoms with Crippen molar-refractivity contribution in [2.75, 3.05) is 39.0 Å². The highest BCUT2D eigenvalue weighted by atomic mass is 16.2. The smallest absolute Gasteiger partial charge is 0.272 e. The van der Waals surface area contributed by atoms with Crippen LogP contribution in [0.3, 0.4) is 0 Å². The van der Waals surface area contributed by atoms with Gasteiger partial charge in [0.15, 0.2) is 0 Å². The first-order chi connectivity index (χ1) is 9.58. The number of piperidine rings is 1. The van der Waals surface area contributed by atoms with Gasteiger partial charge in [-0.25, -0.2) is 0 Å². The average Bonchev–Trinajstić information content (AvgIpc) is 2.78. The van der Waals surface area contributed by atoms with E-state index in [9.17, 15) is 4.79 Å². The highest BCUT2D eigenvalue weighted by Crippen LogP contribution is 2.38. The summed E-state index contributed by atoms with van der Waals surface area (Å²) in [6.45, 7) is 3.92. The summed E-state index contributed by atoms with van der Waals surface area (Å²) in [5, 5.41) is 0. The summed E-state index contributed by atoms with van der Waals surface area (Å²) in [7, 11) is 2.16. The molecule has 1 unspecified atom stereocenters. The van der Waals surface area contributed by atoms with E-state index in [0.29, 0.717) is 16.8 Å². The molecule has 2 aliphatic rings. The maximum Gasteiger partial charge on any atom is 0.272 e. The maximum absolute atomic E-state index is 12.6. The van der Waals surface area contributed by atoms with E-state index in [1.807, 2.05) is 4.90 Å². The van der Waals surface area contributed by atoms with Crippen molar-refractivity contribution in [2.45, 2.75) is 19.3 Å². The van der Waals surface area contributed by atoms with Crippen molar-refractivity contribution < 1.29 is 4.79 Å².